The van der Waals surface area contributed by atoms with E-state index in [0.717, 1.165) is 0 Å². The Morgan fingerprint density at radius 2 is 1.64 bits per heavy atom. The molecule has 1 rings (SSSR count). The van der Waals surface area contributed by atoms with Crippen molar-refractivity contribution in [2.75, 3.05) is 6.61 Å². The average Bonchev–Trinajstić information content (AvgIpc) is 2.52. The zero-order chi connectivity index (χ0) is 19.1. The fourth-order valence-corrected chi connectivity index (χ4v) is 3.26. The lowest BCUT2D eigenvalue weighted by molar-refractivity contribution is -0.384. The minimum Gasteiger partial charge on any atom is -0.455 e. The number of ether oxygens (including phenoxy) is 1. The van der Waals surface area contributed by atoms with Crippen LogP contribution in [-0.4, -0.2) is 45.6 Å². The number of nitro groups is 1. The molecule has 0 aliphatic carbocycles. The van der Waals surface area contributed by atoms with Crippen molar-refractivity contribution in [2.24, 2.45) is 0 Å². The van der Waals surface area contributed by atoms with Gasteiger partial charge in [-0.3, -0.25) is 19.7 Å². The Labute approximate surface area is 151 Å². The monoisotopic (exact) mass is 368 g/mol. The molecule has 1 atom stereocenters. The maximum atomic E-state index is 12.2. The molecule has 0 aliphatic rings. The van der Waals surface area contributed by atoms with E-state index in [2.05, 4.69) is 0 Å². The summed E-state index contributed by atoms with van der Waals surface area (Å²) < 4.78 is 5.12. The lowest BCUT2D eigenvalue weighted by Crippen LogP contribution is -2.44. The van der Waals surface area contributed by atoms with Gasteiger partial charge in [0.1, 0.15) is 5.25 Å². The second-order valence-electron chi connectivity index (χ2n) is 6.11. The van der Waals surface area contributed by atoms with Gasteiger partial charge in [-0.25, -0.2) is 0 Å². The number of benzene rings is 1. The van der Waals surface area contributed by atoms with Crippen molar-refractivity contribution in [1.29, 1.82) is 0 Å². The number of carbonyl (C=O) groups is 2. The van der Waals surface area contributed by atoms with Gasteiger partial charge in [-0.15, -0.1) is 11.8 Å². The fraction of sp³-hybridized carbons (Fsp3) is 0.529. The van der Waals surface area contributed by atoms with Crippen molar-refractivity contribution in [1.82, 2.24) is 4.90 Å². The van der Waals surface area contributed by atoms with E-state index in [0.29, 0.717) is 4.90 Å². The standard InChI is InChI=1S/C17H24N2O5S/c1-11(2)18(12(3)4)16(20)10-24-17(21)13(5)25-15-8-6-14(7-9-15)19(22)23/h6-9,11-13H,10H2,1-5H3/t13-/m0/s1. The van der Waals surface area contributed by atoms with Crippen LogP contribution in [0.15, 0.2) is 29.2 Å². The molecule has 0 N–H and O–H groups in total. The van der Waals surface area contributed by atoms with Crippen LogP contribution < -0.4 is 0 Å². The molecular formula is C17H24N2O5S. The van der Waals surface area contributed by atoms with Gasteiger partial charge in [0.05, 0.1) is 4.92 Å². The number of thioether (sulfide) groups is 1. The SMILES string of the molecule is CC(C)N(C(=O)COC(=O)[C@H](C)Sc1ccc([N+](=O)[O-])cc1)C(C)C. The van der Waals surface area contributed by atoms with Crippen LogP contribution in [0.2, 0.25) is 0 Å². The lowest BCUT2D eigenvalue weighted by Gasteiger charge is -2.30. The van der Waals surface area contributed by atoms with Crippen LogP contribution >= 0.6 is 11.8 Å². The first-order valence-electron chi connectivity index (χ1n) is 8.02. The highest BCUT2D eigenvalue weighted by atomic mass is 32.2. The number of nitrogens with zero attached hydrogens (tertiary/aromatic N) is 2. The molecule has 0 saturated heterocycles. The second kappa shape index (κ2) is 9.41. The van der Waals surface area contributed by atoms with E-state index in [1.807, 2.05) is 27.7 Å². The molecule has 0 heterocycles. The van der Waals surface area contributed by atoms with Gasteiger partial charge in [0.2, 0.25) is 0 Å². The quantitative estimate of drug-likeness (QED) is 0.303. The Morgan fingerprint density at radius 1 is 1.12 bits per heavy atom. The second-order valence-corrected chi connectivity index (χ2v) is 7.52. The van der Waals surface area contributed by atoms with Crippen molar-refractivity contribution < 1.29 is 19.2 Å². The summed E-state index contributed by atoms with van der Waals surface area (Å²) in [6.45, 7) is 9.01. The maximum Gasteiger partial charge on any atom is 0.319 e. The van der Waals surface area contributed by atoms with Crippen LogP contribution in [0.25, 0.3) is 0 Å². The van der Waals surface area contributed by atoms with Crippen molar-refractivity contribution in [3.63, 3.8) is 0 Å². The zero-order valence-corrected chi connectivity index (χ0v) is 15.9. The van der Waals surface area contributed by atoms with E-state index in [1.165, 1.54) is 23.9 Å². The number of nitro benzene ring substituents is 1. The van der Waals surface area contributed by atoms with Gasteiger partial charge in [0.25, 0.3) is 11.6 Å². The first kappa shape index (κ1) is 21.0. The number of amides is 1. The number of carbonyl (C=O) groups excluding carboxylic acids is 2. The highest BCUT2D eigenvalue weighted by molar-refractivity contribution is 8.00. The largest absolute Gasteiger partial charge is 0.455 e. The first-order valence-corrected chi connectivity index (χ1v) is 8.90. The van der Waals surface area contributed by atoms with Gasteiger partial charge in [-0.05, 0) is 46.8 Å². The molecule has 25 heavy (non-hydrogen) atoms. The van der Waals surface area contributed by atoms with E-state index in [4.69, 9.17) is 4.74 Å². The van der Waals surface area contributed by atoms with Crippen LogP contribution in [0.5, 0.6) is 0 Å². The molecule has 0 spiro atoms. The Bertz CT molecular complexity index is 608. The van der Waals surface area contributed by atoms with Crippen molar-refractivity contribution in [3.05, 3.63) is 34.4 Å². The highest BCUT2D eigenvalue weighted by Gasteiger charge is 2.23. The number of esters is 1. The predicted octanol–water partition coefficient (Wildman–Crippen LogP) is 3.26. The summed E-state index contributed by atoms with van der Waals surface area (Å²) >= 11 is 1.22. The third-order valence-electron chi connectivity index (χ3n) is 3.43. The molecule has 8 heteroatoms. The summed E-state index contributed by atoms with van der Waals surface area (Å²) in [6, 6.07) is 5.98. The van der Waals surface area contributed by atoms with Gasteiger partial charge in [-0.2, -0.15) is 0 Å². The third-order valence-corrected chi connectivity index (χ3v) is 4.52. The molecular weight excluding hydrogens is 344 g/mol. The first-order chi connectivity index (χ1) is 11.6. The molecule has 0 saturated carbocycles. The van der Waals surface area contributed by atoms with Gasteiger partial charge < -0.3 is 9.64 Å². The van der Waals surface area contributed by atoms with E-state index in [-0.39, 0.29) is 30.3 Å². The number of hydrogen-bond donors (Lipinski definition) is 0. The molecule has 0 aromatic heterocycles. The van der Waals surface area contributed by atoms with Gasteiger partial charge in [0, 0.05) is 29.1 Å². The Balaban J connectivity index is 2.56. The molecule has 0 radical (unpaired) electrons. The van der Waals surface area contributed by atoms with Crippen molar-refractivity contribution in [2.45, 2.75) is 56.8 Å². The molecule has 1 amide bonds. The Kier molecular flexibility index (Phi) is 7.89. The van der Waals surface area contributed by atoms with Crippen LogP contribution in [0.1, 0.15) is 34.6 Å². The van der Waals surface area contributed by atoms with Crippen LogP contribution in [0.4, 0.5) is 5.69 Å². The topological polar surface area (TPSA) is 89.8 Å². The third kappa shape index (κ3) is 6.38. The summed E-state index contributed by atoms with van der Waals surface area (Å²) in [5.74, 6) is -0.727. The van der Waals surface area contributed by atoms with Crippen LogP contribution in [0.3, 0.4) is 0 Å². The molecule has 1 aromatic rings. The number of non-ortho nitro benzene ring substituents is 1. The van der Waals surface area contributed by atoms with Crippen molar-refractivity contribution in [3.8, 4) is 0 Å². The molecule has 138 valence electrons. The van der Waals surface area contributed by atoms with E-state index < -0.39 is 16.1 Å². The minimum atomic E-state index is -0.527. The normalized spacial score (nSPS) is 12.1. The van der Waals surface area contributed by atoms with Gasteiger partial charge in [-0.1, -0.05) is 0 Å². The summed E-state index contributed by atoms with van der Waals surface area (Å²) in [7, 11) is 0. The molecule has 0 bridgehead atoms. The van der Waals surface area contributed by atoms with Crippen molar-refractivity contribution >= 4 is 29.3 Å². The summed E-state index contributed by atoms with van der Waals surface area (Å²) in [6.07, 6.45) is 0. The van der Waals surface area contributed by atoms with E-state index in [1.54, 1.807) is 24.0 Å². The Hall–Kier alpha value is -2.09. The highest BCUT2D eigenvalue weighted by Crippen LogP contribution is 2.26. The van der Waals surface area contributed by atoms with Crippen LogP contribution in [0, 0.1) is 10.1 Å². The van der Waals surface area contributed by atoms with E-state index in [9.17, 15) is 19.7 Å². The smallest absolute Gasteiger partial charge is 0.319 e. The summed E-state index contributed by atoms with van der Waals surface area (Å²) in [4.78, 5) is 36.8. The number of hydrogen-bond acceptors (Lipinski definition) is 6. The molecule has 1 aromatic carbocycles. The van der Waals surface area contributed by atoms with E-state index >= 15 is 0 Å². The predicted molar refractivity (Wildman–Crippen MR) is 96.5 cm³/mol. The average molecular weight is 368 g/mol. The molecule has 0 fully saturated rings. The fourth-order valence-electron chi connectivity index (χ4n) is 2.40. The zero-order valence-electron chi connectivity index (χ0n) is 15.1. The Morgan fingerprint density at radius 3 is 2.08 bits per heavy atom. The maximum absolute atomic E-state index is 12.2. The molecule has 0 unspecified atom stereocenters. The van der Waals surface area contributed by atoms with Gasteiger partial charge in [0.15, 0.2) is 6.61 Å². The summed E-state index contributed by atoms with van der Waals surface area (Å²) in [5.41, 5.74) is -0.00682. The van der Waals surface area contributed by atoms with Gasteiger partial charge >= 0.3 is 5.97 Å². The lowest BCUT2D eigenvalue weighted by atomic mass is 10.2. The minimum absolute atomic E-state index is 0.00682. The number of rotatable bonds is 8. The molecule has 7 nitrogen and oxygen atoms in total. The molecule has 0 aliphatic heterocycles. The summed E-state index contributed by atoms with van der Waals surface area (Å²) in [5, 5.41) is 10.1. The van der Waals surface area contributed by atoms with Crippen LogP contribution in [-0.2, 0) is 14.3 Å².